The number of rotatable bonds is 2. The molecule has 0 aliphatic rings. The molecular weight excluding hydrogens is 234 g/mol. The third-order valence-electron chi connectivity index (χ3n) is 2.72. The maximum Gasteiger partial charge on any atom is 0.274 e. The molecule has 1 heterocycles. The summed E-state index contributed by atoms with van der Waals surface area (Å²) in [5.41, 5.74) is 1.71. The van der Waals surface area contributed by atoms with Crippen molar-refractivity contribution >= 4 is 24.8 Å². The highest BCUT2D eigenvalue weighted by atomic mass is 28.3. The van der Waals surface area contributed by atoms with Crippen LogP contribution in [0.3, 0.4) is 0 Å². The molecule has 0 atom stereocenters. The second-order valence-electron chi connectivity index (χ2n) is 5.18. The summed E-state index contributed by atoms with van der Waals surface area (Å²) in [5.74, 6) is 0. The average Bonchev–Trinajstić information content (AvgIpc) is 2.57. The third kappa shape index (κ3) is 1.95. The van der Waals surface area contributed by atoms with E-state index in [9.17, 15) is 10.1 Å². The van der Waals surface area contributed by atoms with Gasteiger partial charge in [0, 0.05) is 17.0 Å². The first-order valence-electron chi connectivity index (χ1n) is 5.44. The highest BCUT2D eigenvalue weighted by molar-refractivity contribution is 6.75. The summed E-state index contributed by atoms with van der Waals surface area (Å²) in [6.07, 6.45) is 1.78. The number of hydrogen-bond donors (Lipinski definition) is 0. The first kappa shape index (κ1) is 11.8. The van der Waals surface area contributed by atoms with E-state index in [0.29, 0.717) is 5.56 Å². The van der Waals surface area contributed by atoms with E-state index in [2.05, 4.69) is 24.7 Å². The number of fused-ring (bicyclic) bond motifs is 1. The zero-order valence-corrected chi connectivity index (χ0v) is 11.4. The lowest BCUT2D eigenvalue weighted by Gasteiger charge is -2.17. The first-order valence-corrected chi connectivity index (χ1v) is 8.88. The van der Waals surface area contributed by atoms with Crippen molar-refractivity contribution in [3.8, 4) is 0 Å². The molecule has 0 bridgehead atoms. The number of nitrogens with zero attached hydrogens (tertiary/aromatic N) is 3. The van der Waals surface area contributed by atoms with Crippen molar-refractivity contribution in [3.63, 3.8) is 0 Å². The average molecular weight is 249 g/mol. The second-order valence-corrected chi connectivity index (χ2v) is 9.95. The smallest absolute Gasteiger partial charge is 0.274 e. The lowest BCUT2D eigenvalue weighted by atomic mass is 10.1. The van der Waals surface area contributed by atoms with Crippen LogP contribution >= 0.6 is 0 Å². The number of aryl methyl sites for hydroxylation is 1. The van der Waals surface area contributed by atoms with Gasteiger partial charge in [-0.05, 0) is 32.6 Å². The summed E-state index contributed by atoms with van der Waals surface area (Å²) in [7, 11) is -1.64. The summed E-state index contributed by atoms with van der Waals surface area (Å²) in [5, 5.41) is 16.3. The Balaban J connectivity index is 2.76. The Morgan fingerprint density at radius 2 is 2.00 bits per heavy atom. The van der Waals surface area contributed by atoms with E-state index in [-0.39, 0.29) is 10.6 Å². The molecule has 6 heteroatoms. The summed E-state index contributed by atoms with van der Waals surface area (Å²) in [4.78, 5) is 10.6. The van der Waals surface area contributed by atoms with Gasteiger partial charge in [0.15, 0.2) is 8.24 Å². The van der Waals surface area contributed by atoms with E-state index in [1.807, 2.05) is 10.4 Å². The molecule has 0 aliphatic carbocycles. The lowest BCUT2D eigenvalue weighted by molar-refractivity contribution is -0.385. The highest BCUT2D eigenvalue weighted by Gasteiger charge is 2.22. The molecule has 0 aliphatic heterocycles. The number of nitro groups is 1. The molecule has 0 N–H and O–H groups in total. The Bertz CT molecular complexity index is 599. The summed E-state index contributed by atoms with van der Waals surface area (Å²) < 4.78 is 1.95. The zero-order valence-electron chi connectivity index (χ0n) is 10.4. The van der Waals surface area contributed by atoms with Gasteiger partial charge in [0.05, 0.1) is 16.6 Å². The van der Waals surface area contributed by atoms with Crippen LogP contribution in [0, 0.1) is 17.0 Å². The van der Waals surface area contributed by atoms with Gasteiger partial charge in [-0.1, -0.05) is 0 Å². The van der Waals surface area contributed by atoms with Gasteiger partial charge in [-0.25, -0.2) is 0 Å². The summed E-state index contributed by atoms with van der Waals surface area (Å²) >= 11 is 0. The van der Waals surface area contributed by atoms with Crippen LogP contribution in [-0.2, 0) is 0 Å². The molecule has 0 saturated heterocycles. The Morgan fingerprint density at radius 1 is 1.35 bits per heavy atom. The van der Waals surface area contributed by atoms with Crippen molar-refractivity contribution in [1.29, 1.82) is 0 Å². The van der Waals surface area contributed by atoms with E-state index in [0.717, 1.165) is 10.9 Å². The molecule has 0 fully saturated rings. The van der Waals surface area contributed by atoms with Crippen molar-refractivity contribution in [2.45, 2.75) is 26.6 Å². The number of hydrogen-bond acceptors (Lipinski definition) is 3. The standard InChI is InChI=1S/C11H15N3O2Si/c1-8-5-9-7-12-13(17(2,3)4)11(9)6-10(8)14(15)16/h5-7H,1-4H3. The van der Waals surface area contributed by atoms with Gasteiger partial charge in [0.2, 0.25) is 0 Å². The van der Waals surface area contributed by atoms with Crippen molar-refractivity contribution in [3.05, 3.63) is 34.0 Å². The molecule has 1 aromatic heterocycles. The summed E-state index contributed by atoms with van der Waals surface area (Å²) in [6, 6.07) is 3.47. The lowest BCUT2D eigenvalue weighted by Crippen LogP contribution is -2.32. The van der Waals surface area contributed by atoms with Crippen LogP contribution < -0.4 is 0 Å². The van der Waals surface area contributed by atoms with Gasteiger partial charge < -0.3 is 0 Å². The van der Waals surface area contributed by atoms with E-state index in [1.165, 1.54) is 0 Å². The van der Waals surface area contributed by atoms with Crippen molar-refractivity contribution < 1.29 is 4.92 Å². The quantitative estimate of drug-likeness (QED) is 0.467. The SMILES string of the molecule is Cc1cc2cnn([Si](C)(C)C)c2cc1[N+](=O)[O-]. The fourth-order valence-corrected chi connectivity index (χ4v) is 3.23. The van der Waals surface area contributed by atoms with Crippen LogP contribution in [0.5, 0.6) is 0 Å². The topological polar surface area (TPSA) is 61.0 Å². The molecule has 0 spiro atoms. The normalized spacial score (nSPS) is 12.0. The van der Waals surface area contributed by atoms with Crippen LogP contribution in [0.25, 0.3) is 10.9 Å². The number of aromatic nitrogens is 2. The van der Waals surface area contributed by atoms with Crippen LogP contribution in [0.15, 0.2) is 18.3 Å². The van der Waals surface area contributed by atoms with Gasteiger partial charge in [0.25, 0.3) is 5.69 Å². The predicted octanol–water partition coefficient (Wildman–Crippen LogP) is 2.94. The molecule has 90 valence electrons. The fraction of sp³-hybridized carbons (Fsp3) is 0.364. The molecule has 2 aromatic rings. The van der Waals surface area contributed by atoms with Gasteiger partial charge in [-0.3, -0.25) is 14.5 Å². The molecule has 2 rings (SSSR count). The fourth-order valence-electron chi connectivity index (χ4n) is 1.91. The Labute approximate surface area is 100 Å². The van der Waals surface area contributed by atoms with Crippen LogP contribution in [0.1, 0.15) is 5.56 Å². The van der Waals surface area contributed by atoms with Crippen LogP contribution in [0.4, 0.5) is 5.69 Å². The number of nitro benzene ring substituents is 1. The Hall–Kier alpha value is -1.69. The Morgan fingerprint density at radius 3 is 2.53 bits per heavy atom. The van der Waals surface area contributed by atoms with Gasteiger partial charge in [-0.15, -0.1) is 0 Å². The molecule has 0 unspecified atom stereocenters. The van der Waals surface area contributed by atoms with Crippen molar-refractivity contribution in [2.75, 3.05) is 0 Å². The maximum atomic E-state index is 10.9. The van der Waals surface area contributed by atoms with Gasteiger partial charge >= 0.3 is 0 Å². The molecule has 17 heavy (non-hydrogen) atoms. The van der Waals surface area contributed by atoms with Gasteiger partial charge in [-0.2, -0.15) is 5.10 Å². The van der Waals surface area contributed by atoms with Crippen molar-refractivity contribution in [1.82, 2.24) is 9.45 Å². The van der Waals surface area contributed by atoms with E-state index in [4.69, 9.17) is 0 Å². The largest absolute Gasteiger partial charge is 0.294 e. The zero-order chi connectivity index (χ0) is 12.8. The minimum atomic E-state index is -1.64. The third-order valence-corrected chi connectivity index (χ3v) is 4.35. The Kier molecular flexibility index (Phi) is 2.54. The number of benzene rings is 1. The molecule has 0 saturated carbocycles. The van der Waals surface area contributed by atoms with Crippen LogP contribution in [0.2, 0.25) is 19.6 Å². The predicted molar refractivity (Wildman–Crippen MR) is 69.9 cm³/mol. The molecule has 0 amide bonds. The maximum absolute atomic E-state index is 10.9. The molecular formula is C11H15N3O2Si. The molecule has 1 aromatic carbocycles. The first-order chi connectivity index (χ1) is 7.80. The van der Waals surface area contributed by atoms with Crippen LogP contribution in [-0.4, -0.2) is 22.6 Å². The molecule has 0 radical (unpaired) electrons. The highest BCUT2D eigenvalue weighted by Crippen LogP contribution is 2.26. The second kappa shape index (κ2) is 3.66. The minimum absolute atomic E-state index is 0.164. The minimum Gasteiger partial charge on any atom is -0.294 e. The molecule has 5 nitrogen and oxygen atoms in total. The summed E-state index contributed by atoms with van der Waals surface area (Å²) in [6.45, 7) is 8.23. The monoisotopic (exact) mass is 249 g/mol. The van der Waals surface area contributed by atoms with E-state index < -0.39 is 8.24 Å². The van der Waals surface area contributed by atoms with Gasteiger partial charge in [0.1, 0.15) is 0 Å². The van der Waals surface area contributed by atoms with Crippen molar-refractivity contribution in [2.24, 2.45) is 0 Å². The van der Waals surface area contributed by atoms with E-state index >= 15 is 0 Å². The van der Waals surface area contributed by atoms with E-state index in [1.54, 1.807) is 19.2 Å².